The van der Waals surface area contributed by atoms with E-state index >= 15 is 0 Å². The number of thiophene rings is 1. The quantitative estimate of drug-likeness (QED) is 0.624. The minimum atomic E-state index is -0.487. The van der Waals surface area contributed by atoms with Gasteiger partial charge in [0, 0.05) is 18.7 Å². The third-order valence-corrected chi connectivity index (χ3v) is 4.57. The number of nitro groups is 1. The van der Waals surface area contributed by atoms with Gasteiger partial charge in [0.25, 0.3) is 5.91 Å². The zero-order chi connectivity index (χ0) is 16.8. The van der Waals surface area contributed by atoms with Crippen molar-refractivity contribution in [2.24, 2.45) is 0 Å². The first-order chi connectivity index (χ1) is 11.0. The highest BCUT2D eigenvalue weighted by Gasteiger charge is 2.18. The van der Waals surface area contributed by atoms with Crippen molar-refractivity contribution in [3.63, 3.8) is 0 Å². The monoisotopic (exact) mass is 333 g/mol. The first-order valence-electron chi connectivity index (χ1n) is 7.20. The van der Waals surface area contributed by atoms with E-state index in [4.69, 9.17) is 0 Å². The maximum absolute atomic E-state index is 12.1. The van der Waals surface area contributed by atoms with Crippen LogP contribution in [0.4, 0.5) is 5.00 Å². The summed E-state index contributed by atoms with van der Waals surface area (Å²) in [5.74, 6) is -0.275. The van der Waals surface area contributed by atoms with Gasteiger partial charge < -0.3 is 10.2 Å². The molecule has 0 aliphatic heterocycles. The van der Waals surface area contributed by atoms with Crippen LogP contribution in [0.5, 0.6) is 0 Å². The first kappa shape index (κ1) is 17.1. The Labute approximate surface area is 138 Å². The Hall–Kier alpha value is -2.25. The highest BCUT2D eigenvalue weighted by molar-refractivity contribution is 7.17. The minimum Gasteiger partial charge on any atom is -0.350 e. The smallest absolute Gasteiger partial charge is 0.324 e. The molecule has 0 spiro atoms. The molecule has 0 fully saturated rings. The van der Waals surface area contributed by atoms with Crippen LogP contribution in [0.2, 0.25) is 0 Å². The molecule has 0 radical (unpaired) electrons. The second-order valence-electron chi connectivity index (χ2n) is 5.41. The highest BCUT2D eigenvalue weighted by Crippen LogP contribution is 2.23. The van der Waals surface area contributed by atoms with E-state index in [0.717, 1.165) is 17.8 Å². The van der Waals surface area contributed by atoms with Crippen molar-refractivity contribution in [1.82, 2.24) is 10.2 Å². The SMILES string of the molecule is CN(C)[C@@H](CNC(=O)c1ccc([N+](=O)[O-])s1)Cc1ccccc1. The molecule has 0 aliphatic rings. The minimum absolute atomic E-state index is 0.0244. The van der Waals surface area contributed by atoms with Gasteiger partial charge >= 0.3 is 5.00 Å². The molecular weight excluding hydrogens is 314 g/mol. The Balaban J connectivity index is 1.95. The van der Waals surface area contributed by atoms with Crippen LogP contribution < -0.4 is 5.32 Å². The van der Waals surface area contributed by atoms with E-state index < -0.39 is 4.92 Å². The Morgan fingerprint density at radius 1 is 1.26 bits per heavy atom. The summed E-state index contributed by atoms with van der Waals surface area (Å²) in [4.78, 5) is 24.7. The molecule has 0 saturated carbocycles. The molecule has 0 unspecified atom stereocenters. The standard InChI is InChI=1S/C16H19N3O3S/c1-18(2)13(10-12-6-4-3-5-7-12)11-17-16(20)14-8-9-15(23-14)19(21)22/h3-9,13H,10-11H2,1-2H3,(H,17,20)/t13-/m1/s1. The second kappa shape index (κ2) is 7.85. The average Bonchev–Trinajstić information content (AvgIpc) is 3.02. The second-order valence-corrected chi connectivity index (χ2v) is 6.47. The molecule has 1 N–H and O–H groups in total. The predicted octanol–water partition coefficient (Wildman–Crippen LogP) is 2.56. The number of rotatable bonds is 7. The van der Waals surface area contributed by atoms with Gasteiger partial charge in [-0.3, -0.25) is 14.9 Å². The van der Waals surface area contributed by atoms with Crippen LogP contribution in [-0.4, -0.2) is 42.4 Å². The molecule has 2 aromatic rings. The van der Waals surface area contributed by atoms with Crippen molar-refractivity contribution in [2.75, 3.05) is 20.6 Å². The molecule has 7 heteroatoms. The summed E-state index contributed by atoms with van der Waals surface area (Å²) in [6, 6.07) is 13.1. The summed E-state index contributed by atoms with van der Waals surface area (Å²) in [7, 11) is 3.94. The molecular formula is C16H19N3O3S. The summed E-state index contributed by atoms with van der Waals surface area (Å²) < 4.78 is 0. The van der Waals surface area contributed by atoms with Gasteiger partial charge in [-0.05, 0) is 32.1 Å². The normalized spacial score (nSPS) is 12.1. The van der Waals surface area contributed by atoms with Gasteiger partial charge in [-0.25, -0.2) is 0 Å². The van der Waals surface area contributed by atoms with E-state index in [-0.39, 0.29) is 17.0 Å². The van der Waals surface area contributed by atoms with Crippen molar-refractivity contribution in [3.8, 4) is 0 Å². The van der Waals surface area contributed by atoms with Crippen LogP contribution in [0.3, 0.4) is 0 Å². The van der Waals surface area contributed by atoms with E-state index in [1.165, 1.54) is 17.7 Å². The molecule has 122 valence electrons. The van der Waals surface area contributed by atoms with Gasteiger partial charge in [0.05, 0.1) is 9.80 Å². The topological polar surface area (TPSA) is 75.5 Å². The van der Waals surface area contributed by atoms with Crippen LogP contribution in [-0.2, 0) is 6.42 Å². The van der Waals surface area contributed by atoms with Crippen LogP contribution in [0.1, 0.15) is 15.2 Å². The third kappa shape index (κ3) is 4.87. The number of carbonyl (C=O) groups is 1. The fourth-order valence-corrected chi connectivity index (χ4v) is 2.91. The number of nitrogens with one attached hydrogen (secondary N) is 1. The molecule has 1 aromatic carbocycles. The summed E-state index contributed by atoms with van der Waals surface area (Å²) in [6.07, 6.45) is 0.818. The fraction of sp³-hybridized carbons (Fsp3) is 0.312. The van der Waals surface area contributed by atoms with Gasteiger partial charge in [0.1, 0.15) is 0 Å². The molecule has 6 nitrogen and oxygen atoms in total. The molecule has 0 bridgehead atoms. The molecule has 1 amide bonds. The van der Waals surface area contributed by atoms with E-state index in [2.05, 4.69) is 22.3 Å². The number of hydrogen-bond donors (Lipinski definition) is 1. The van der Waals surface area contributed by atoms with Crippen molar-refractivity contribution in [2.45, 2.75) is 12.5 Å². The average molecular weight is 333 g/mol. The molecule has 2 rings (SSSR count). The van der Waals surface area contributed by atoms with Gasteiger partial charge in [0.15, 0.2) is 0 Å². The van der Waals surface area contributed by atoms with Gasteiger partial charge in [-0.2, -0.15) is 0 Å². The van der Waals surface area contributed by atoms with E-state index in [0.29, 0.717) is 11.4 Å². The largest absolute Gasteiger partial charge is 0.350 e. The number of amides is 1. The zero-order valence-electron chi connectivity index (χ0n) is 13.1. The summed E-state index contributed by atoms with van der Waals surface area (Å²) in [5, 5.41) is 13.5. The number of nitrogens with zero attached hydrogens (tertiary/aromatic N) is 2. The molecule has 23 heavy (non-hydrogen) atoms. The third-order valence-electron chi connectivity index (χ3n) is 3.54. The van der Waals surface area contributed by atoms with E-state index in [9.17, 15) is 14.9 Å². The zero-order valence-corrected chi connectivity index (χ0v) is 13.9. The fourth-order valence-electron chi connectivity index (χ4n) is 2.17. The summed E-state index contributed by atoms with van der Waals surface area (Å²) >= 11 is 0.888. The summed E-state index contributed by atoms with van der Waals surface area (Å²) in [6.45, 7) is 0.479. The Morgan fingerprint density at radius 2 is 1.96 bits per heavy atom. The maximum Gasteiger partial charge on any atom is 0.324 e. The highest BCUT2D eigenvalue weighted by atomic mass is 32.1. The lowest BCUT2D eigenvalue weighted by molar-refractivity contribution is -0.380. The first-order valence-corrected chi connectivity index (χ1v) is 8.02. The Bertz CT molecular complexity index is 670. The lowest BCUT2D eigenvalue weighted by Gasteiger charge is -2.24. The predicted molar refractivity (Wildman–Crippen MR) is 90.9 cm³/mol. The molecule has 1 aromatic heterocycles. The number of likely N-dealkylation sites (N-methyl/N-ethyl adjacent to an activating group) is 1. The molecule has 1 heterocycles. The lowest BCUT2D eigenvalue weighted by atomic mass is 10.1. The van der Waals surface area contributed by atoms with Crippen molar-refractivity contribution >= 4 is 22.2 Å². The van der Waals surface area contributed by atoms with E-state index in [1.807, 2.05) is 32.3 Å². The van der Waals surface area contributed by atoms with Crippen molar-refractivity contribution in [1.29, 1.82) is 0 Å². The van der Waals surface area contributed by atoms with Gasteiger partial charge in [-0.15, -0.1) is 0 Å². The molecule has 0 aliphatic carbocycles. The number of hydrogen-bond acceptors (Lipinski definition) is 5. The van der Waals surface area contributed by atoms with Crippen LogP contribution in [0, 0.1) is 10.1 Å². The number of benzene rings is 1. The Kier molecular flexibility index (Phi) is 5.84. The molecule has 1 atom stereocenters. The molecule has 0 saturated heterocycles. The van der Waals surface area contributed by atoms with Crippen LogP contribution in [0.15, 0.2) is 42.5 Å². The van der Waals surface area contributed by atoms with Crippen LogP contribution >= 0.6 is 11.3 Å². The van der Waals surface area contributed by atoms with Gasteiger partial charge in [-0.1, -0.05) is 41.7 Å². The number of carbonyl (C=O) groups excluding carboxylic acids is 1. The van der Waals surface area contributed by atoms with Gasteiger partial charge in [0.2, 0.25) is 0 Å². The lowest BCUT2D eigenvalue weighted by Crippen LogP contribution is -2.41. The maximum atomic E-state index is 12.1. The van der Waals surface area contributed by atoms with E-state index in [1.54, 1.807) is 0 Å². The summed E-state index contributed by atoms with van der Waals surface area (Å²) in [5.41, 5.74) is 1.20. The van der Waals surface area contributed by atoms with Crippen molar-refractivity contribution < 1.29 is 9.72 Å². The Morgan fingerprint density at radius 3 is 2.52 bits per heavy atom. The van der Waals surface area contributed by atoms with Crippen LogP contribution in [0.25, 0.3) is 0 Å². The van der Waals surface area contributed by atoms with Crippen molar-refractivity contribution in [3.05, 3.63) is 63.0 Å².